The van der Waals surface area contributed by atoms with Crippen LogP contribution in [0.4, 0.5) is 0 Å². The second kappa shape index (κ2) is 10.6. The van der Waals surface area contributed by atoms with Crippen LogP contribution < -0.4 is 0 Å². The molecule has 0 spiro atoms. The van der Waals surface area contributed by atoms with Crippen LogP contribution in [-0.2, 0) is 14.3 Å². The van der Waals surface area contributed by atoms with Crippen molar-refractivity contribution in [2.24, 2.45) is 23.2 Å². The lowest BCUT2D eigenvalue weighted by atomic mass is 9.74. The monoisotopic (exact) mass is 438 g/mol. The van der Waals surface area contributed by atoms with E-state index in [9.17, 15) is 15.0 Å². The highest BCUT2D eigenvalue weighted by Crippen LogP contribution is 2.42. The highest BCUT2D eigenvalue weighted by atomic mass is 16.5. The summed E-state index contributed by atoms with van der Waals surface area (Å²) in [4.78, 5) is 11.0. The number of ether oxygens (including phenoxy) is 2. The predicted molar refractivity (Wildman–Crippen MR) is 121 cm³/mol. The Hall–Kier alpha value is -1.21. The molecule has 0 amide bonds. The fourth-order valence-corrected chi connectivity index (χ4v) is 5.36. The minimum atomic E-state index is -0.911. The van der Waals surface area contributed by atoms with Crippen molar-refractivity contribution in [1.29, 1.82) is 0 Å². The number of carboxylic acids is 1. The van der Waals surface area contributed by atoms with E-state index in [0.717, 1.165) is 12.0 Å². The first-order valence-electron chi connectivity index (χ1n) is 11.6. The summed E-state index contributed by atoms with van der Waals surface area (Å²) in [5.41, 5.74) is 0.914. The van der Waals surface area contributed by atoms with E-state index in [1.807, 2.05) is 32.9 Å². The van der Waals surface area contributed by atoms with Gasteiger partial charge in [-0.1, -0.05) is 52.8 Å². The Morgan fingerprint density at radius 1 is 1.16 bits per heavy atom. The Morgan fingerprint density at radius 2 is 1.81 bits per heavy atom. The lowest BCUT2D eigenvalue weighted by Gasteiger charge is -2.38. The highest BCUT2D eigenvalue weighted by Gasteiger charge is 2.46. The number of aliphatic hydroxyl groups excluding tert-OH is 2. The lowest BCUT2D eigenvalue weighted by Crippen LogP contribution is -2.44. The van der Waals surface area contributed by atoms with Crippen molar-refractivity contribution in [2.75, 3.05) is 0 Å². The first kappa shape index (κ1) is 26.0. The lowest BCUT2D eigenvalue weighted by molar-refractivity contribution is -0.150. The van der Waals surface area contributed by atoms with E-state index in [-0.39, 0.29) is 42.0 Å². The Morgan fingerprint density at radius 3 is 2.35 bits per heavy atom. The molecule has 2 saturated heterocycles. The number of aliphatic carboxylic acids is 1. The average molecular weight is 439 g/mol. The largest absolute Gasteiger partial charge is 0.481 e. The van der Waals surface area contributed by atoms with Gasteiger partial charge in [0.15, 0.2) is 0 Å². The molecule has 2 fully saturated rings. The Bertz CT molecular complexity index is 669. The van der Waals surface area contributed by atoms with Crippen LogP contribution in [-0.4, -0.2) is 57.9 Å². The van der Waals surface area contributed by atoms with Gasteiger partial charge in [0.2, 0.25) is 0 Å². The fraction of sp³-hybridized carbons (Fsp3) is 0.800. The Labute approximate surface area is 187 Å². The smallest absolute Gasteiger partial charge is 0.305 e. The second-order valence-electron chi connectivity index (χ2n) is 10.5. The van der Waals surface area contributed by atoms with Crippen molar-refractivity contribution in [2.45, 2.75) is 104 Å². The number of rotatable bonds is 8. The molecular weight excluding hydrogens is 396 g/mol. The summed E-state index contributed by atoms with van der Waals surface area (Å²) in [5, 5.41) is 29.6. The zero-order chi connectivity index (χ0) is 23.5. The van der Waals surface area contributed by atoms with E-state index in [4.69, 9.17) is 14.6 Å². The zero-order valence-electron chi connectivity index (χ0n) is 20.1. The van der Waals surface area contributed by atoms with Gasteiger partial charge in [-0.2, -0.15) is 0 Å². The molecular formula is C25H42O6. The Kier molecular flexibility index (Phi) is 8.91. The standard InChI is InChI=1S/C25H42O6/c1-14(13-25(6,7)24-17(4)22(29)18(5)30-24)9-8-10-15(2)23-16(3)20(26)11-19(31-23)12-21(27)28/h8-10,14,16-20,22-24,26,29H,11-13H2,1-7H3,(H,27,28). The first-order chi connectivity index (χ1) is 14.3. The number of hydrogen-bond donors (Lipinski definition) is 3. The van der Waals surface area contributed by atoms with Gasteiger partial charge in [0, 0.05) is 18.3 Å². The normalized spacial score (nSPS) is 38.5. The molecule has 3 N–H and O–H groups in total. The fourth-order valence-electron chi connectivity index (χ4n) is 5.36. The molecule has 2 aliphatic rings. The SMILES string of the molecule is CC(=CC=CC(C)CC(C)(C)C1OC(C)C(O)C1C)C1OC(CC(=O)O)CC(O)C1C. The summed E-state index contributed by atoms with van der Waals surface area (Å²) >= 11 is 0. The van der Waals surface area contributed by atoms with Crippen LogP contribution >= 0.6 is 0 Å². The van der Waals surface area contributed by atoms with E-state index in [0.29, 0.717) is 12.3 Å². The van der Waals surface area contributed by atoms with Crippen LogP contribution in [0, 0.1) is 23.2 Å². The summed E-state index contributed by atoms with van der Waals surface area (Å²) < 4.78 is 12.1. The number of allylic oxidation sites excluding steroid dienone is 3. The van der Waals surface area contributed by atoms with Gasteiger partial charge < -0.3 is 24.8 Å². The van der Waals surface area contributed by atoms with Gasteiger partial charge >= 0.3 is 5.97 Å². The quantitative estimate of drug-likeness (QED) is 0.497. The summed E-state index contributed by atoms with van der Waals surface area (Å²) in [6, 6.07) is 0. The van der Waals surface area contributed by atoms with Gasteiger partial charge in [-0.05, 0) is 37.2 Å². The third-order valence-corrected chi connectivity index (χ3v) is 7.05. The van der Waals surface area contributed by atoms with Crippen molar-refractivity contribution in [1.82, 2.24) is 0 Å². The molecule has 6 heteroatoms. The van der Waals surface area contributed by atoms with Crippen LogP contribution in [0.15, 0.2) is 23.8 Å². The summed E-state index contributed by atoms with van der Waals surface area (Å²) in [6.45, 7) is 14.5. The maximum absolute atomic E-state index is 11.0. The molecule has 0 aromatic carbocycles. The van der Waals surface area contributed by atoms with Gasteiger partial charge in [0.05, 0.1) is 43.0 Å². The third-order valence-electron chi connectivity index (χ3n) is 7.05. The molecule has 9 atom stereocenters. The number of aliphatic hydroxyl groups is 2. The average Bonchev–Trinajstić information content (AvgIpc) is 2.91. The van der Waals surface area contributed by atoms with Gasteiger partial charge in [-0.25, -0.2) is 0 Å². The summed E-state index contributed by atoms with van der Waals surface area (Å²) in [6.07, 6.45) is 5.52. The van der Waals surface area contributed by atoms with Crippen molar-refractivity contribution >= 4 is 5.97 Å². The molecule has 0 saturated carbocycles. The highest BCUT2D eigenvalue weighted by molar-refractivity contribution is 5.67. The molecule has 31 heavy (non-hydrogen) atoms. The van der Waals surface area contributed by atoms with Gasteiger partial charge in [0.1, 0.15) is 0 Å². The van der Waals surface area contributed by atoms with E-state index < -0.39 is 24.3 Å². The molecule has 2 rings (SSSR count). The Balaban J connectivity index is 1.98. The van der Waals surface area contributed by atoms with Crippen LogP contribution in [0.25, 0.3) is 0 Å². The van der Waals surface area contributed by atoms with Crippen molar-refractivity contribution < 1.29 is 29.6 Å². The van der Waals surface area contributed by atoms with Crippen LogP contribution in [0.5, 0.6) is 0 Å². The molecule has 0 radical (unpaired) electrons. The second-order valence-corrected chi connectivity index (χ2v) is 10.5. The van der Waals surface area contributed by atoms with E-state index in [1.165, 1.54) is 0 Å². The molecule has 0 aromatic rings. The maximum Gasteiger partial charge on any atom is 0.305 e. The van der Waals surface area contributed by atoms with Crippen LogP contribution in [0.1, 0.15) is 67.7 Å². The van der Waals surface area contributed by atoms with Gasteiger partial charge in [-0.3, -0.25) is 4.79 Å². The van der Waals surface area contributed by atoms with Crippen molar-refractivity contribution in [3.63, 3.8) is 0 Å². The summed E-state index contributed by atoms with van der Waals surface area (Å²) in [7, 11) is 0. The van der Waals surface area contributed by atoms with Crippen LogP contribution in [0.3, 0.4) is 0 Å². The minimum absolute atomic E-state index is 0.0229. The molecule has 6 nitrogen and oxygen atoms in total. The molecule has 178 valence electrons. The third kappa shape index (κ3) is 6.64. The molecule has 9 unspecified atom stereocenters. The van der Waals surface area contributed by atoms with Gasteiger partial charge in [0.25, 0.3) is 0 Å². The number of hydrogen-bond acceptors (Lipinski definition) is 5. The van der Waals surface area contributed by atoms with Gasteiger partial charge in [-0.15, -0.1) is 0 Å². The number of carbonyl (C=O) groups is 1. The van der Waals surface area contributed by atoms with E-state index in [1.54, 1.807) is 0 Å². The maximum atomic E-state index is 11.0. The van der Waals surface area contributed by atoms with Crippen molar-refractivity contribution in [3.05, 3.63) is 23.8 Å². The van der Waals surface area contributed by atoms with Crippen LogP contribution in [0.2, 0.25) is 0 Å². The topological polar surface area (TPSA) is 96.2 Å². The summed E-state index contributed by atoms with van der Waals surface area (Å²) in [5.74, 6) is -0.567. The van der Waals surface area contributed by atoms with E-state index >= 15 is 0 Å². The minimum Gasteiger partial charge on any atom is -0.481 e. The predicted octanol–water partition coefficient (Wildman–Crippen LogP) is 3.95. The first-order valence-corrected chi connectivity index (χ1v) is 11.6. The number of carboxylic acid groups (broad SMARTS) is 1. The van der Waals surface area contributed by atoms with Crippen molar-refractivity contribution in [3.8, 4) is 0 Å². The molecule has 2 heterocycles. The zero-order valence-corrected chi connectivity index (χ0v) is 20.1. The molecule has 0 bridgehead atoms. The molecule has 2 aliphatic heterocycles. The molecule has 0 aliphatic carbocycles. The van der Waals surface area contributed by atoms with E-state index in [2.05, 4.69) is 33.8 Å². The molecule has 0 aromatic heterocycles.